The van der Waals surface area contributed by atoms with E-state index in [4.69, 9.17) is 9.15 Å². The van der Waals surface area contributed by atoms with Gasteiger partial charge in [-0.1, -0.05) is 44.2 Å². The topological polar surface area (TPSA) is 161 Å². The van der Waals surface area contributed by atoms with Crippen molar-refractivity contribution in [1.82, 2.24) is 4.72 Å². The number of furan rings is 1. The number of methoxy groups -OCH3 is 1. The summed E-state index contributed by atoms with van der Waals surface area (Å²) in [4.78, 5) is 35.9. The third kappa shape index (κ3) is 6.61. The van der Waals surface area contributed by atoms with E-state index in [9.17, 15) is 27.9 Å². The standard InChI is InChI=1S/C30H30N2O9S/c1-17(2)27(30(35)36)32-42(37,38)22-14-10-20(11-15-22)19-8-12-21(13-9-19)31-29(34)28-18(3)26-23(40-16-25(33)39-4)6-5-7-24(26)41-28/h5-15,17,27,32H,16H2,1-4H3,(H,31,34)(H,35,36)/t27-/m0/s1. The van der Waals surface area contributed by atoms with Crippen LogP contribution >= 0.6 is 0 Å². The molecule has 0 fully saturated rings. The third-order valence-corrected chi connectivity index (χ3v) is 8.01. The van der Waals surface area contributed by atoms with Crippen LogP contribution < -0.4 is 14.8 Å². The fourth-order valence-corrected chi connectivity index (χ4v) is 5.60. The minimum atomic E-state index is -4.04. The molecule has 1 amide bonds. The maximum absolute atomic E-state index is 13.1. The lowest BCUT2D eigenvalue weighted by Crippen LogP contribution is -2.44. The molecule has 0 aliphatic heterocycles. The summed E-state index contributed by atoms with van der Waals surface area (Å²) in [6.07, 6.45) is 0. The Morgan fingerprint density at radius 3 is 2.14 bits per heavy atom. The number of carbonyl (C=O) groups is 3. The van der Waals surface area contributed by atoms with Crippen molar-refractivity contribution in [3.8, 4) is 16.9 Å². The highest BCUT2D eigenvalue weighted by atomic mass is 32.2. The van der Waals surface area contributed by atoms with Crippen molar-refractivity contribution in [3.63, 3.8) is 0 Å². The van der Waals surface area contributed by atoms with Crippen LogP contribution in [0, 0.1) is 12.8 Å². The van der Waals surface area contributed by atoms with Gasteiger partial charge < -0.3 is 24.3 Å². The van der Waals surface area contributed by atoms with Gasteiger partial charge in [0, 0.05) is 11.3 Å². The molecule has 12 heteroatoms. The highest BCUT2D eigenvalue weighted by molar-refractivity contribution is 7.89. The first-order valence-corrected chi connectivity index (χ1v) is 14.4. The second-order valence-electron chi connectivity index (χ2n) is 9.79. The number of hydrogen-bond donors (Lipinski definition) is 3. The summed E-state index contributed by atoms with van der Waals surface area (Å²) in [5.74, 6) is -2.21. The average Bonchev–Trinajstić information content (AvgIpc) is 3.31. The van der Waals surface area contributed by atoms with E-state index in [1.54, 1.807) is 75.4 Å². The highest BCUT2D eigenvalue weighted by Gasteiger charge is 2.28. The van der Waals surface area contributed by atoms with Crippen LogP contribution in [0.15, 0.2) is 76.0 Å². The molecule has 220 valence electrons. The van der Waals surface area contributed by atoms with Crippen LogP contribution in [-0.4, -0.2) is 51.1 Å². The SMILES string of the molecule is COC(=O)COc1cccc2oc(C(=O)Nc3ccc(-c4ccc(S(=O)(=O)N[C@H](C(=O)O)C(C)C)cc4)cc3)c(C)c12. The lowest BCUT2D eigenvalue weighted by atomic mass is 10.1. The Bertz CT molecular complexity index is 1730. The van der Waals surface area contributed by atoms with Crippen LogP contribution in [0.4, 0.5) is 5.69 Å². The van der Waals surface area contributed by atoms with Gasteiger partial charge in [0.2, 0.25) is 10.0 Å². The summed E-state index contributed by atoms with van der Waals surface area (Å²) < 4.78 is 43.6. The zero-order valence-electron chi connectivity index (χ0n) is 23.3. The normalized spacial score (nSPS) is 12.2. The molecule has 42 heavy (non-hydrogen) atoms. The van der Waals surface area contributed by atoms with Gasteiger partial charge in [-0.2, -0.15) is 4.72 Å². The molecule has 0 radical (unpaired) electrons. The number of aryl methyl sites for hydroxylation is 1. The van der Waals surface area contributed by atoms with Crippen molar-refractivity contribution >= 4 is 44.5 Å². The molecule has 0 unspecified atom stereocenters. The molecule has 0 spiro atoms. The van der Waals surface area contributed by atoms with Crippen molar-refractivity contribution in [2.75, 3.05) is 19.0 Å². The van der Waals surface area contributed by atoms with E-state index in [2.05, 4.69) is 14.8 Å². The first-order valence-electron chi connectivity index (χ1n) is 12.9. The van der Waals surface area contributed by atoms with E-state index in [1.807, 2.05) is 0 Å². The monoisotopic (exact) mass is 594 g/mol. The smallest absolute Gasteiger partial charge is 0.343 e. The van der Waals surface area contributed by atoms with Crippen molar-refractivity contribution in [2.24, 2.45) is 5.92 Å². The van der Waals surface area contributed by atoms with Crippen molar-refractivity contribution in [1.29, 1.82) is 0 Å². The lowest BCUT2D eigenvalue weighted by molar-refractivity contribution is -0.143. The first kappa shape index (κ1) is 30.3. The minimum absolute atomic E-state index is 0.0536. The number of carboxylic acid groups (broad SMARTS) is 1. The van der Waals surface area contributed by atoms with Gasteiger partial charge in [-0.25, -0.2) is 13.2 Å². The van der Waals surface area contributed by atoms with Gasteiger partial charge in [-0.05, 0) is 60.4 Å². The van der Waals surface area contributed by atoms with Crippen LogP contribution in [-0.2, 0) is 24.3 Å². The number of fused-ring (bicyclic) bond motifs is 1. The molecular formula is C30H30N2O9S. The Kier molecular flexibility index (Phi) is 8.98. The maximum atomic E-state index is 13.1. The number of rotatable bonds is 11. The Morgan fingerprint density at radius 2 is 1.57 bits per heavy atom. The van der Waals surface area contributed by atoms with Crippen LogP contribution in [0.5, 0.6) is 5.75 Å². The summed E-state index contributed by atoms with van der Waals surface area (Å²) in [6.45, 7) is 4.68. The number of amides is 1. The van der Waals surface area contributed by atoms with Gasteiger partial charge in [0.25, 0.3) is 5.91 Å². The predicted octanol–water partition coefficient (Wildman–Crippen LogP) is 4.60. The molecule has 0 aliphatic carbocycles. The summed E-state index contributed by atoms with van der Waals surface area (Å²) in [5.41, 5.74) is 2.97. The summed E-state index contributed by atoms with van der Waals surface area (Å²) >= 11 is 0. The molecule has 0 saturated heterocycles. The van der Waals surface area contributed by atoms with E-state index in [0.29, 0.717) is 28.0 Å². The Morgan fingerprint density at radius 1 is 0.952 bits per heavy atom. The fraction of sp³-hybridized carbons (Fsp3) is 0.233. The molecule has 0 bridgehead atoms. The lowest BCUT2D eigenvalue weighted by Gasteiger charge is -2.18. The number of sulfonamides is 1. The molecule has 1 aromatic heterocycles. The summed E-state index contributed by atoms with van der Waals surface area (Å²) in [6, 6.07) is 16.8. The van der Waals surface area contributed by atoms with Crippen LogP contribution in [0.1, 0.15) is 30.0 Å². The number of carbonyl (C=O) groups excluding carboxylic acids is 2. The van der Waals surface area contributed by atoms with E-state index >= 15 is 0 Å². The average molecular weight is 595 g/mol. The molecular weight excluding hydrogens is 564 g/mol. The second-order valence-corrected chi connectivity index (χ2v) is 11.5. The molecule has 11 nitrogen and oxygen atoms in total. The number of esters is 1. The molecule has 0 saturated carbocycles. The zero-order valence-corrected chi connectivity index (χ0v) is 24.2. The molecule has 3 aromatic carbocycles. The molecule has 4 rings (SSSR count). The van der Waals surface area contributed by atoms with Crippen molar-refractivity contribution < 1.29 is 41.8 Å². The molecule has 1 heterocycles. The van der Waals surface area contributed by atoms with Gasteiger partial charge in [-0.15, -0.1) is 0 Å². The Hall–Kier alpha value is -4.68. The number of carboxylic acids is 1. The number of benzene rings is 3. The van der Waals surface area contributed by atoms with Crippen molar-refractivity contribution in [2.45, 2.75) is 31.7 Å². The number of nitrogens with one attached hydrogen (secondary N) is 2. The number of aliphatic carboxylic acids is 1. The molecule has 4 aromatic rings. The summed E-state index contributed by atoms with van der Waals surface area (Å²) in [5, 5.41) is 12.7. The molecule has 0 aliphatic rings. The van der Waals surface area contributed by atoms with Gasteiger partial charge in [0.15, 0.2) is 12.4 Å². The highest BCUT2D eigenvalue weighted by Crippen LogP contribution is 2.34. The van der Waals surface area contributed by atoms with E-state index in [1.165, 1.54) is 19.2 Å². The van der Waals surface area contributed by atoms with Crippen molar-refractivity contribution in [3.05, 3.63) is 78.1 Å². The number of ether oxygens (including phenoxy) is 2. The van der Waals surface area contributed by atoms with Gasteiger partial charge in [0.1, 0.15) is 17.4 Å². The molecule has 3 N–H and O–H groups in total. The third-order valence-electron chi connectivity index (χ3n) is 6.55. The quantitative estimate of drug-likeness (QED) is 0.211. The van der Waals surface area contributed by atoms with Crippen LogP contribution in [0.25, 0.3) is 22.1 Å². The Balaban J connectivity index is 1.47. The second kappa shape index (κ2) is 12.5. The maximum Gasteiger partial charge on any atom is 0.343 e. The van der Waals surface area contributed by atoms with E-state index < -0.39 is 39.8 Å². The van der Waals surface area contributed by atoms with Gasteiger partial charge in [0.05, 0.1) is 17.4 Å². The number of anilines is 1. The van der Waals surface area contributed by atoms with E-state index in [0.717, 1.165) is 11.1 Å². The van der Waals surface area contributed by atoms with Gasteiger partial charge >= 0.3 is 11.9 Å². The zero-order chi connectivity index (χ0) is 30.6. The van der Waals surface area contributed by atoms with Gasteiger partial charge in [-0.3, -0.25) is 9.59 Å². The van der Waals surface area contributed by atoms with E-state index in [-0.39, 0.29) is 17.3 Å². The predicted molar refractivity (Wildman–Crippen MR) is 155 cm³/mol. The fourth-order valence-electron chi connectivity index (χ4n) is 4.27. The number of hydrogen-bond acceptors (Lipinski definition) is 8. The molecule has 1 atom stereocenters. The van der Waals surface area contributed by atoms with Crippen LogP contribution in [0.3, 0.4) is 0 Å². The Labute approximate surface area is 242 Å². The van der Waals surface area contributed by atoms with Crippen LogP contribution in [0.2, 0.25) is 0 Å². The largest absolute Gasteiger partial charge is 0.481 e. The summed E-state index contributed by atoms with van der Waals surface area (Å²) in [7, 11) is -2.77. The minimum Gasteiger partial charge on any atom is -0.481 e. The first-order chi connectivity index (χ1) is 19.9.